The van der Waals surface area contributed by atoms with E-state index in [0.29, 0.717) is 0 Å². The van der Waals surface area contributed by atoms with Gasteiger partial charge in [0.05, 0.1) is 0 Å². The maximum Gasteiger partial charge on any atom is 0.504 e. The summed E-state index contributed by atoms with van der Waals surface area (Å²) in [5, 5.41) is 0. The molecule has 0 heterocycles. The maximum absolute atomic E-state index is 5.93. The van der Waals surface area contributed by atoms with Crippen molar-refractivity contribution in [3.63, 3.8) is 0 Å². The van der Waals surface area contributed by atoms with Gasteiger partial charge in [-0.05, 0) is 26.2 Å². The summed E-state index contributed by atoms with van der Waals surface area (Å²) in [5.41, 5.74) is 0. The van der Waals surface area contributed by atoms with Crippen LogP contribution >= 0.6 is 0 Å². The van der Waals surface area contributed by atoms with Crippen LogP contribution in [0.3, 0.4) is 0 Å². The van der Waals surface area contributed by atoms with Crippen LogP contribution in [0.1, 0.15) is 47.0 Å². The number of hydrogen-bond acceptors (Lipinski definition) is 3. The van der Waals surface area contributed by atoms with E-state index in [0.717, 1.165) is 45.1 Å². The minimum absolute atomic E-state index is 0.719. The highest BCUT2D eigenvalue weighted by Gasteiger charge is 2.39. The number of rotatable bonds is 11. The Morgan fingerprint density at radius 3 is 1.53 bits per heavy atom. The molecule has 17 heavy (non-hydrogen) atoms. The van der Waals surface area contributed by atoms with E-state index in [-0.39, 0.29) is 0 Å². The molecule has 0 aromatic rings. The van der Waals surface area contributed by atoms with Crippen LogP contribution in [0.5, 0.6) is 0 Å². The van der Waals surface area contributed by atoms with Gasteiger partial charge >= 0.3 is 8.80 Å². The zero-order chi connectivity index (χ0) is 13.0. The summed E-state index contributed by atoms with van der Waals surface area (Å²) in [6, 6.07) is 0.781. The Kier molecular flexibility index (Phi) is 10.9. The van der Waals surface area contributed by atoms with Gasteiger partial charge in [-0.1, -0.05) is 32.9 Å². The third kappa shape index (κ3) is 7.71. The van der Waals surface area contributed by atoms with Crippen LogP contribution in [-0.4, -0.2) is 28.6 Å². The predicted octanol–water partition coefficient (Wildman–Crippen LogP) is 3.78. The SMILES string of the molecule is C/C=C/C[Si](OCCC)(OCCC)OCCC. The molecule has 0 aromatic carbocycles. The van der Waals surface area contributed by atoms with Crippen molar-refractivity contribution >= 4 is 8.80 Å². The first-order valence-corrected chi connectivity index (χ1v) is 8.70. The Balaban J connectivity index is 4.50. The van der Waals surface area contributed by atoms with Gasteiger partial charge in [0.2, 0.25) is 0 Å². The van der Waals surface area contributed by atoms with Crippen LogP contribution in [0.4, 0.5) is 0 Å². The van der Waals surface area contributed by atoms with Crippen LogP contribution in [0.25, 0.3) is 0 Å². The zero-order valence-electron chi connectivity index (χ0n) is 11.8. The molecule has 0 amide bonds. The lowest BCUT2D eigenvalue weighted by Crippen LogP contribution is -2.46. The highest BCUT2D eigenvalue weighted by Crippen LogP contribution is 2.18. The number of allylic oxidation sites excluding steroid dienone is 2. The molecule has 102 valence electrons. The molecule has 0 aromatic heterocycles. The fraction of sp³-hybridized carbons (Fsp3) is 0.846. The van der Waals surface area contributed by atoms with E-state index in [9.17, 15) is 0 Å². The standard InChI is InChI=1S/C13H28O3Si/c1-5-9-13-17(14-10-6-2,15-11-7-3)16-12-8-4/h5,9H,6-8,10-13H2,1-4H3/b9-5+. The largest absolute Gasteiger partial charge is 0.504 e. The average molecular weight is 260 g/mol. The average Bonchev–Trinajstić information content (AvgIpc) is 2.37. The second-order valence-corrected chi connectivity index (χ2v) is 6.64. The van der Waals surface area contributed by atoms with Crippen LogP contribution in [0, 0.1) is 0 Å². The first-order chi connectivity index (χ1) is 8.24. The van der Waals surface area contributed by atoms with Gasteiger partial charge in [0.15, 0.2) is 0 Å². The van der Waals surface area contributed by atoms with Crippen molar-refractivity contribution in [2.24, 2.45) is 0 Å². The minimum atomic E-state index is -2.47. The summed E-state index contributed by atoms with van der Waals surface area (Å²) in [6.45, 7) is 10.5. The summed E-state index contributed by atoms with van der Waals surface area (Å²) in [4.78, 5) is 0. The van der Waals surface area contributed by atoms with Gasteiger partial charge in [-0.25, -0.2) is 0 Å². The quantitative estimate of drug-likeness (QED) is 0.418. The lowest BCUT2D eigenvalue weighted by molar-refractivity contribution is 0.0620. The predicted molar refractivity (Wildman–Crippen MR) is 74.1 cm³/mol. The Bertz CT molecular complexity index is 173. The highest BCUT2D eigenvalue weighted by atomic mass is 28.4. The topological polar surface area (TPSA) is 27.7 Å². The molecule has 0 spiro atoms. The Morgan fingerprint density at radius 1 is 0.824 bits per heavy atom. The van der Waals surface area contributed by atoms with Gasteiger partial charge in [-0.2, -0.15) is 0 Å². The van der Waals surface area contributed by atoms with Crippen LogP contribution < -0.4 is 0 Å². The molecule has 0 bridgehead atoms. The molecule has 0 fully saturated rings. The lowest BCUT2D eigenvalue weighted by Gasteiger charge is -2.28. The molecule has 0 aliphatic heterocycles. The lowest BCUT2D eigenvalue weighted by atomic mass is 10.5. The van der Waals surface area contributed by atoms with E-state index in [1.54, 1.807) is 0 Å². The van der Waals surface area contributed by atoms with E-state index >= 15 is 0 Å². The van der Waals surface area contributed by atoms with Crippen LogP contribution in [-0.2, 0) is 13.3 Å². The molecule has 0 saturated heterocycles. The monoisotopic (exact) mass is 260 g/mol. The Morgan fingerprint density at radius 2 is 1.24 bits per heavy atom. The van der Waals surface area contributed by atoms with Gasteiger partial charge < -0.3 is 13.3 Å². The molecule has 0 N–H and O–H groups in total. The van der Waals surface area contributed by atoms with Crippen molar-refractivity contribution in [2.45, 2.75) is 53.0 Å². The normalized spacial score (nSPS) is 12.5. The first kappa shape index (κ1) is 16.8. The Labute approximate surface area is 108 Å². The zero-order valence-corrected chi connectivity index (χ0v) is 12.8. The molecule has 0 unspecified atom stereocenters. The highest BCUT2D eigenvalue weighted by molar-refractivity contribution is 6.61. The third-order valence-electron chi connectivity index (χ3n) is 2.18. The second kappa shape index (κ2) is 11.0. The molecule has 4 heteroatoms. The molecule has 0 rings (SSSR count). The minimum Gasteiger partial charge on any atom is -0.373 e. The smallest absolute Gasteiger partial charge is 0.373 e. The van der Waals surface area contributed by atoms with Crippen molar-refractivity contribution in [3.8, 4) is 0 Å². The molecule has 0 aliphatic carbocycles. The van der Waals surface area contributed by atoms with Gasteiger partial charge in [0.25, 0.3) is 0 Å². The van der Waals surface area contributed by atoms with Crippen molar-refractivity contribution in [1.29, 1.82) is 0 Å². The van der Waals surface area contributed by atoms with E-state index in [2.05, 4.69) is 26.8 Å². The first-order valence-electron chi connectivity index (χ1n) is 6.77. The van der Waals surface area contributed by atoms with Crippen molar-refractivity contribution in [2.75, 3.05) is 19.8 Å². The molecule has 0 atom stereocenters. The molecular formula is C13H28O3Si. The molecule has 0 aliphatic rings. The van der Waals surface area contributed by atoms with E-state index in [1.165, 1.54) is 0 Å². The van der Waals surface area contributed by atoms with E-state index in [4.69, 9.17) is 13.3 Å². The van der Waals surface area contributed by atoms with Gasteiger partial charge in [0, 0.05) is 25.9 Å². The summed E-state index contributed by atoms with van der Waals surface area (Å²) < 4.78 is 17.8. The second-order valence-electron chi connectivity index (χ2n) is 4.00. The number of hydrogen-bond donors (Lipinski definition) is 0. The van der Waals surface area contributed by atoms with Crippen LogP contribution in [0.2, 0.25) is 6.04 Å². The summed E-state index contributed by atoms with van der Waals surface area (Å²) in [6.07, 6.45) is 7.11. The maximum atomic E-state index is 5.93. The fourth-order valence-corrected chi connectivity index (χ4v) is 4.01. The molecular weight excluding hydrogens is 232 g/mol. The molecule has 0 radical (unpaired) electrons. The van der Waals surface area contributed by atoms with E-state index in [1.807, 2.05) is 13.0 Å². The van der Waals surface area contributed by atoms with Gasteiger partial charge in [0.1, 0.15) is 0 Å². The Hall–Kier alpha value is -0.163. The van der Waals surface area contributed by atoms with Crippen LogP contribution in [0.15, 0.2) is 12.2 Å². The van der Waals surface area contributed by atoms with Crippen molar-refractivity contribution in [3.05, 3.63) is 12.2 Å². The van der Waals surface area contributed by atoms with Gasteiger partial charge in [-0.3, -0.25) is 0 Å². The molecule has 0 saturated carbocycles. The summed E-state index contributed by atoms with van der Waals surface area (Å²) in [7, 11) is -2.47. The molecule has 3 nitrogen and oxygen atoms in total. The fourth-order valence-electron chi connectivity index (χ4n) is 1.34. The summed E-state index contributed by atoms with van der Waals surface area (Å²) >= 11 is 0. The van der Waals surface area contributed by atoms with E-state index < -0.39 is 8.80 Å². The van der Waals surface area contributed by atoms with Gasteiger partial charge in [-0.15, -0.1) is 0 Å². The summed E-state index contributed by atoms with van der Waals surface area (Å²) in [5.74, 6) is 0. The van der Waals surface area contributed by atoms with Crippen molar-refractivity contribution in [1.82, 2.24) is 0 Å². The third-order valence-corrected chi connectivity index (χ3v) is 4.85. The van der Waals surface area contributed by atoms with Crippen molar-refractivity contribution < 1.29 is 13.3 Å².